The fourth-order valence-corrected chi connectivity index (χ4v) is 2.48. The molecule has 0 aliphatic carbocycles. The zero-order valence-corrected chi connectivity index (χ0v) is 14.8. The molecule has 6 heteroatoms. The predicted molar refractivity (Wildman–Crippen MR) is 96.3 cm³/mol. The van der Waals surface area contributed by atoms with Gasteiger partial charge in [0.15, 0.2) is 11.6 Å². The maximum atomic E-state index is 13.2. The molecule has 1 amide bonds. The van der Waals surface area contributed by atoms with Gasteiger partial charge < -0.3 is 5.32 Å². The van der Waals surface area contributed by atoms with E-state index < -0.39 is 11.6 Å². The molecule has 0 aromatic heterocycles. The Morgan fingerprint density at radius 2 is 1.85 bits per heavy atom. The normalized spacial score (nSPS) is 10.8. The van der Waals surface area contributed by atoms with Crippen LogP contribution in [0.4, 0.5) is 14.5 Å². The van der Waals surface area contributed by atoms with Gasteiger partial charge in [0.1, 0.15) is 0 Å². The molecule has 0 aliphatic heterocycles. The lowest BCUT2D eigenvalue weighted by molar-refractivity contribution is -0.116. The van der Waals surface area contributed by atoms with Gasteiger partial charge in [-0.15, -0.1) is 0 Å². The fourth-order valence-electron chi connectivity index (χ4n) is 2.48. The molecule has 2 rings (SSSR count). The monoisotopic (exact) mass is 357 g/mol. The number of nitriles is 1. The van der Waals surface area contributed by atoms with Gasteiger partial charge in [0.05, 0.1) is 11.6 Å². The van der Waals surface area contributed by atoms with Crippen LogP contribution in [0.1, 0.15) is 31.4 Å². The number of halogens is 2. The minimum absolute atomic E-state index is 0.224. The Morgan fingerprint density at radius 3 is 2.42 bits per heavy atom. The fraction of sp³-hybridized carbons (Fsp3) is 0.300. The molecule has 1 N–H and O–H groups in total. The maximum absolute atomic E-state index is 13.2. The summed E-state index contributed by atoms with van der Waals surface area (Å²) in [4.78, 5) is 14.2. The number of carbonyl (C=O) groups is 1. The SMILES string of the molecule is CC(C)N(CCC(=O)Nc1ccc(F)c(F)c1)Cc1ccc(C#N)cc1. The molecule has 26 heavy (non-hydrogen) atoms. The van der Waals surface area contributed by atoms with E-state index in [0.29, 0.717) is 18.7 Å². The lowest BCUT2D eigenvalue weighted by atomic mass is 10.1. The van der Waals surface area contributed by atoms with Gasteiger partial charge in [0.25, 0.3) is 0 Å². The van der Waals surface area contributed by atoms with Gasteiger partial charge in [-0.05, 0) is 43.7 Å². The maximum Gasteiger partial charge on any atom is 0.225 e. The number of anilines is 1. The number of nitrogens with zero attached hydrogens (tertiary/aromatic N) is 2. The summed E-state index contributed by atoms with van der Waals surface area (Å²) in [6.07, 6.45) is 0.230. The molecule has 0 atom stereocenters. The highest BCUT2D eigenvalue weighted by molar-refractivity contribution is 5.90. The van der Waals surface area contributed by atoms with Crippen LogP contribution in [0.5, 0.6) is 0 Å². The van der Waals surface area contributed by atoms with Crippen LogP contribution in [0.15, 0.2) is 42.5 Å². The quantitative estimate of drug-likeness (QED) is 0.812. The van der Waals surface area contributed by atoms with Crippen molar-refractivity contribution in [2.24, 2.45) is 0 Å². The number of hydrogen-bond donors (Lipinski definition) is 1. The van der Waals surface area contributed by atoms with Crippen molar-refractivity contribution in [1.82, 2.24) is 4.90 Å². The highest BCUT2D eigenvalue weighted by Gasteiger charge is 2.13. The molecule has 0 radical (unpaired) electrons. The van der Waals surface area contributed by atoms with Crippen molar-refractivity contribution in [3.63, 3.8) is 0 Å². The number of hydrogen-bond acceptors (Lipinski definition) is 3. The molecule has 0 saturated heterocycles. The molecule has 2 aromatic rings. The van der Waals surface area contributed by atoms with E-state index in [1.54, 1.807) is 12.1 Å². The smallest absolute Gasteiger partial charge is 0.225 e. The molecule has 0 heterocycles. The standard InChI is InChI=1S/C20H21F2N3O/c1-14(2)25(13-16-5-3-15(12-23)4-6-16)10-9-20(26)24-17-7-8-18(21)19(22)11-17/h3-8,11,14H,9-10,13H2,1-2H3,(H,24,26). The van der Waals surface area contributed by atoms with Gasteiger partial charge in [-0.3, -0.25) is 9.69 Å². The Kier molecular flexibility index (Phi) is 6.81. The summed E-state index contributed by atoms with van der Waals surface area (Å²) in [5.41, 5.74) is 1.89. The molecule has 0 saturated carbocycles. The Balaban J connectivity index is 1.91. The predicted octanol–water partition coefficient (Wildman–Crippen LogP) is 4.08. The van der Waals surface area contributed by atoms with E-state index in [1.165, 1.54) is 6.07 Å². The van der Waals surface area contributed by atoms with Crippen molar-refractivity contribution in [3.05, 3.63) is 65.2 Å². The van der Waals surface area contributed by atoms with Crippen molar-refractivity contribution in [2.45, 2.75) is 32.9 Å². The number of amides is 1. The summed E-state index contributed by atoms with van der Waals surface area (Å²) < 4.78 is 26.1. The third-order valence-corrected chi connectivity index (χ3v) is 4.03. The zero-order valence-electron chi connectivity index (χ0n) is 14.8. The van der Waals surface area contributed by atoms with Gasteiger partial charge >= 0.3 is 0 Å². The van der Waals surface area contributed by atoms with Gasteiger partial charge in [0.2, 0.25) is 5.91 Å². The first-order valence-electron chi connectivity index (χ1n) is 8.37. The minimum atomic E-state index is -0.993. The van der Waals surface area contributed by atoms with Gasteiger partial charge in [0, 0.05) is 37.3 Å². The Bertz CT molecular complexity index is 798. The first-order valence-corrected chi connectivity index (χ1v) is 8.37. The van der Waals surface area contributed by atoms with Crippen molar-refractivity contribution >= 4 is 11.6 Å². The van der Waals surface area contributed by atoms with Gasteiger partial charge in [-0.1, -0.05) is 12.1 Å². The van der Waals surface area contributed by atoms with Crippen molar-refractivity contribution in [3.8, 4) is 6.07 Å². The number of rotatable bonds is 7. The first-order chi connectivity index (χ1) is 12.4. The largest absolute Gasteiger partial charge is 0.326 e. The highest BCUT2D eigenvalue weighted by Crippen LogP contribution is 2.14. The lowest BCUT2D eigenvalue weighted by Crippen LogP contribution is -2.33. The van der Waals surface area contributed by atoms with Crippen molar-refractivity contribution in [2.75, 3.05) is 11.9 Å². The third-order valence-electron chi connectivity index (χ3n) is 4.03. The van der Waals surface area contributed by atoms with Gasteiger partial charge in [-0.2, -0.15) is 5.26 Å². The van der Waals surface area contributed by atoms with Crippen LogP contribution in [0, 0.1) is 23.0 Å². The van der Waals surface area contributed by atoms with E-state index in [9.17, 15) is 13.6 Å². The van der Waals surface area contributed by atoms with Crippen LogP contribution in [-0.4, -0.2) is 23.4 Å². The topological polar surface area (TPSA) is 56.1 Å². The van der Waals surface area contributed by atoms with Crippen molar-refractivity contribution in [1.29, 1.82) is 5.26 Å². The van der Waals surface area contributed by atoms with E-state index in [2.05, 4.69) is 16.3 Å². The molecule has 0 bridgehead atoms. The Labute approximate surface area is 152 Å². The van der Waals surface area contributed by atoms with Crippen LogP contribution in [0.3, 0.4) is 0 Å². The molecule has 4 nitrogen and oxygen atoms in total. The van der Waals surface area contributed by atoms with E-state index >= 15 is 0 Å². The second kappa shape index (κ2) is 9.07. The minimum Gasteiger partial charge on any atom is -0.326 e. The summed E-state index contributed by atoms with van der Waals surface area (Å²) in [6, 6.07) is 12.9. The molecule has 0 spiro atoms. The van der Waals surface area contributed by atoms with Crippen molar-refractivity contribution < 1.29 is 13.6 Å². The summed E-state index contributed by atoms with van der Waals surface area (Å²) in [5.74, 6) is -2.20. The van der Waals surface area contributed by atoms with E-state index in [1.807, 2.05) is 26.0 Å². The van der Waals surface area contributed by atoms with Gasteiger partial charge in [-0.25, -0.2) is 8.78 Å². The number of carbonyl (C=O) groups excluding carboxylic acids is 1. The second-order valence-corrected chi connectivity index (χ2v) is 6.30. The third kappa shape index (κ3) is 5.64. The highest BCUT2D eigenvalue weighted by atomic mass is 19.2. The summed E-state index contributed by atoms with van der Waals surface area (Å²) >= 11 is 0. The average Bonchev–Trinajstić information content (AvgIpc) is 2.62. The van der Waals surface area contributed by atoms with Crippen LogP contribution >= 0.6 is 0 Å². The first kappa shape index (κ1) is 19.5. The molecular weight excluding hydrogens is 336 g/mol. The molecular formula is C20H21F2N3O. The molecule has 136 valence electrons. The van der Waals surface area contributed by atoms with E-state index in [0.717, 1.165) is 17.7 Å². The summed E-state index contributed by atoms with van der Waals surface area (Å²) in [5, 5.41) is 11.4. The van der Waals surface area contributed by atoms with E-state index in [-0.39, 0.29) is 24.1 Å². The van der Waals surface area contributed by atoms with Crippen LogP contribution in [-0.2, 0) is 11.3 Å². The molecule has 0 aliphatic rings. The Hall–Kier alpha value is -2.78. The molecule has 2 aromatic carbocycles. The molecule has 0 fully saturated rings. The molecule has 0 unspecified atom stereocenters. The zero-order chi connectivity index (χ0) is 19.1. The second-order valence-electron chi connectivity index (χ2n) is 6.30. The van der Waals surface area contributed by atoms with Crippen LogP contribution < -0.4 is 5.32 Å². The summed E-state index contributed by atoms with van der Waals surface area (Å²) in [7, 11) is 0. The average molecular weight is 357 g/mol. The van der Waals surface area contributed by atoms with Crippen LogP contribution in [0.25, 0.3) is 0 Å². The number of benzene rings is 2. The number of nitrogens with one attached hydrogen (secondary N) is 1. The Morgan fingerprint density at radius 1 is 1.15 bits per heavy atom. The van der Waals surface area contributed by atoms with Crippen LogP contribution in [0.2, 0.25) is 0 Å². The lowest BCUT2D eigenvalue weighted by Gasteiger charge is -2.26. The summed E-state index contributed by atoms with van der Waals surface area (Å²) in [6.45, 7) is 5.25. The van der Waals surface area contributed by atoms with E-state index in [4.69, 9.17) is 5.26 Å².